The molecule has 3 radical (unpaired) electrons. The van der Waals surface area contributed by atoms with E-state index < -0.39 is 0 Å². The molecular formula is C14H13BWY-2. The van der Waals surface area contributed by atoms with E-state index in [0.717, 1.165) is 28.6 Å². The van der Waals surface area contributed by atoms with Crippen molar-refractivity contribution in [2.75, 3.05) is 0 Å². The Bertz CT molecular complexity index is 475. The molecule has 0 unspecified atom stereocenters. The van der Waals surface area contributed by atoms with Crippen LogP contribution in [0.15, 0.2) is 29.4 Å². The van der Waals surface area contributed by atoms with E-state index in [1.165, 1.54) is 11.1 Å². The molecule has 0 aliphatic heterocycles. The average molecular weight is 465 g/mol. The molecule has 0 amide bonds. The maximum atomic E-state index is 5.88. The van der Waals surface area contributed by atoms with E-state index in [9.17, 15) is 0 Å². The Morgan fingerprint density at radius 3 is 2.47 bits per heavy atom. The van der Waals surface area contributed by atoms with Gasteiger partial charge in [0.05, 0.1) is 0 Å². The normalized spacial score (nSPS) is 13.9. The molecule has 0 bridgehead atoms. The van der Waals surface area contributed by atoms with Gasteiger partial charge in [-0.05, 0) is 0 Å². The number of aryl methyl sites for hydroxylation is 1. The molecule has 1 aliphatic rings. The van der Waals surface area contributed by atoms with Gasteiger partial charge in [0.25, 0.3) is 0 Å². The Labute approximate surface area is 145 Å². The van der Waals surface area contributed by atoms with Crippen LogP contribution in [0.25, 0.3) is 5.57 Å². The van der Waals surface area contributed by atoms with Gasteiger partial charge in [0, 0.05) is 61.6 Å². The molecule has 0 N–H and O–H groups in total. The molecule has 1 aliphatic carbocycles. The van der Waals surface area contributed by atoms with E-state index in [0.29, 0.717) is 0 Å². The molecule has 1 aromatic carbocycles. The molecule has 83 valence electrons. The van der Waals surface area contributed by atoms with Crippen LogP contribution >= 0.6 is 0 Å². The molecule has 0 heterocycles. The summed E-state index contributed by atoms with van der Waals surface area (Å²) in [6, 6.07) is 7.18. The van der Waals surface area contributed by atoms with Crippen LogP contribution in [0.4, 0.5) is 0 Å². The Morgan fingerprint density at radius 1 is 1.35 bits per heavy atom. The monoisotopic (exact) mass is 465 g/mol. The average Bonchev–Trinajstić information content (AvgIpc) is 2.50. The van der Waals surface area contributed by atoms with Crippen molar-refractivity contribution in [3.05, 3.63) is 53.5 Å². The van der Waals surface area contributed by atoms with E-state index in [4.69, 9.17) is 7.85 Å². The summed E-state index contributed by atoms with van der Waals surface area (Å²) < 4.78 is 0. The predicted molar refractivity (Wildman–Crippen MR) is 66.1 cm³/mol. The number of rotatable bonds is 1. The maximum absolute atomic E-state index is 5.88. The number of hydrogen-bond donors (Lipinski definition) is 0. The van der Waals surface area contributed by atoms with Crippen molar-refractivity contribution in [3.8, 4) is 0 Å². The van der Waals surface area contributed by atoms with Crippen LogP contribution in [0.2, 0.25) is 0 Å². The van der Waals surface area contributed by atoms with Gasteiger partial charge in [-0.25, -0.2) is 5.57 Å². The number of benzene rings is 1. The molecule has 0 aromatic heterocycles. The molecule has 0 nitrogen and oxygen atoms in total. The van der Waals surface area contributed by atoms with Gasteiger partial charge in [-0.2, -0.15) is 53.4 Å². The first-order valence-corrected chi connectivity index (χ1v) is 5.08. The fraction of sp³-hybridized carbons (Fsp3) is 0.214. The molecule has 0 saturated heterocycles. The third-order valence-electron chi connectivity index (χ3n) is 2.80. The van der Waals surface area contributed by atoms with Crippen LogP contribution < -0.4 is 5.46 Å². The largest absolute Gasteiger partial charge is 0.203 e. The molecule has 2 rings (SSSR count). The molecule has 3 heteroatoms. The fourth-order valence-electron chi connectivity index (χ4n) is 1.88. The van der Waals surface area contributed by atoms with E-state index in [-0.39, 0.29) is 53.8 Å². The third kappa shape index (κ3) is 3.95. The molecule has 1 aromatic rings. The Balaban J connectivity index is 0.00000128. The Morgan fingerprint density at radius 2 is 2.00 bits per heavy atom. The minimum Gasteiger partial charge on any atom is -0.203 e. The third-order valence-corrected chi connectivity index (χ3v) is 2.80. The minimum atomic E-state index is 0. The van der Waals surface area contributed by atoms with Crippen LogP contribution in [-0.4, -0.2) is 7.85 Å². The first-order valence-electron chi connectivity index (χ1n) is 5.08. The van der Waals surface area contributed by atoms with Crippen molar-refractivity contribution in [3.63, 3.8) is 0 Å². The minimum absolute atomic E-state index is 0. The summed E-state index contributed by atoms with van der Waals surface area (Å²) in [6.45, 7) is 8.14. The van der Waals surface area contributed by atoms with Crippen LogP contribution in [-0.2, 0) is 53.8 Å². The maximum Gasteiger partial charge on any atom is 0.0121 e. The smallest absolute Gasteiger partial charge is 0.0121 e. The van der Waals surface area contributed by atoms with Gasteiger partial charge >= 0.3 is 0 Å². The summed E-state index contributed by atoms with van der Waals surface area (Å²) in [5, 5.41) is 0. The van der Waals surface area contributed by atoms with E-state index in [1.54, 1.807) is 0 Å². The number of allylic oxidation sites excluding steroid dienone is 4. The van der Waals surface area contributed by atoms with Gasteiger partial charge < -0.3 is 0 Å². The second-order valence-electron chi connectivity index (χ2n) is 4.14. The van der Waals surface area contributed by atoms with Crippen molar-refractivity contribution in [2.24, 2.45) is 0 Å². The fourth-order valence-corrected chi connectivity index (χ4v) is 1.88. The standard InChI is InChI=1S/C14H13B.W.Y/c1-9-6-11(3)13(7-9)12-5-4-10(2)14(15)8-12;;/h5-6,8H,3,7H2,1-2H3;;/q-2;;. The first kappa shape index (κ1) is 17.4. The van der Waals surface area contributed by atoms with E-state index in [1.807, 2.05) is 19.1 Å². The Kier molecular flexibility index (Phi) is 7.30. The van der Waals surface area contributed by atoms with Gasteiger partial charge in [-0.3, -0.25) is 0 Å². The zero-order valence-corrected chi connectivity index (χ0v) is 16.0. The molecule has 0 saturated carbocycles. The van der Waals surface area contributed by atoms with Crippen molar-refractivity contribution in [2.45, 2.75) is 20.3 Å². The summed E-state index contributed by atoms with van der Waals surface area (Å²) in [4.78, 5) is 0. The molecule has 0 spiro atoms. The second-order valence-corrected chi connectivity index (χ2v) is 4.14. The summed E-state index contributed by atoms with van der Waals surface area (Å²) in [5.41, 5.74) is 6.69. The van der Waals surface area contributed by atoms with Crippen molar-refractivity contribution in [1.82, 2.24) is 0 Å². The van der Waals surface area contributed by atoms with Crippen LogP contribution in [0.3, 0.4) is 0 Å². The zero-order chi connectivity index (χ0) is 11.0. The zero-order valence-electron chi connectivity index (χ0n) is 10.2. The van der Waals surface area contributed by atoms with Crippen molar-refractivity contribution in [1.29, 1.82) is 0 Å². The summed E-state index contributed by atoms with van der Waals surface area (Å²) in [5.74, 6) is 0. The van der Waals surface area contributed by atoms with Crippen LogP contribution in [0.1, 0.15) is 24.5 Å². The van der Waals surface area contributed by atoms with Crippen LogP contribution in [0.5, 0.6) is 0 Å². The van der Waals surface area contributed by atoms with Gasteiger partial charge in [0.15, 0.2) is 0 Å². The number of hydrogen-bond acceptors (Lipinski definition) is 0. The van der Waals surface area contributed by atoms with Gasteiger partial charge in [-0.1, -0.05) is 20.3 Å². The first-order chi connectivity index (χ1) is 7.08. The second kappa shape index (κ2) is 7.12. The van der Waals surface area contributed by atoms with Gasteiger partial charge in [-0.15, -0.1) is 5.57 Å². The molecule has 0 atom stereocenters. The quantitative estimate of drug-likeness (QED) is 0.443. The topological polar surface area (TPSA) is 0 Å². The Hall–Kier alpha value is 0.427. The molecular weight excluding hydrogens is 452 g/mol. The van der Waals surface area contributed by atoms with E-state index in [2.05, 4.69) is 26.0 Å². The summed E-state index contributed by atoms with van der Waals surface area (Å²) in [6.07, 6.45) is 3.11. The van der Waals surface area contributed by atoms with Gasteiger partial charge in [0.2, 0.25) is 0 Å². The van der Waals surface area contributed by atoms with Gasteiger partial charge in [0.1, 0.15) is 0 Å². The molecule has 0 fully saturated rings. The SMILES string of the molecule is [B]c1cc(C2=C([CH2-])C=C(C)C2)c[c-]c1C.[W].[Y]. The van der Waals surface area contributed by atoms with Crippen LogP contribution in [0, 0.1) is 19.9 Å². The molecule has 17 heavy (non-hydrogen) atoms. The summed E-state index contributed by atoms with van der Waals surface area (Å²) in [7, 11) is 5.88. The predicted octanol–water partition coefficient (Wildman–Crippen LogP) is 2.52. The van der Waals surface area contributed by atoms with Crippen molar-refractivity contribution < 1.29 is 53.8 Å². The van der Waals surface area contributed by atoms with E-state index >= 15 is 0 Å². The van der Waals surface area contributed by atoms with Crippen molar-refractivity contribution >= 4 is 18.9 Å². The summed E-state index contributed by atoms with van der Waals surface area (Å²) >= 11 is 0.